The first kappa shape index (κ1) is 16.6. The topological polar surface area (TPSA) is 109 Å². The molecule has 134 valence electrons. The van der Waals surface area contributed by atoms with E-state index in [1.54, 1.807) is 25.7 Å². The average Bonchev–Trinajstić information content (AvgIpc) is 2.73. The van der Waals surface area contributed by atoms with Gasteiger partial charge in [-0.1, -0.05) is 6.07 Å². The minimum atomic E-state index is 0.236. The Hall–Kier alpha value is -3.81. The quantitative estimate of drug-likeness (QED) is 0.592. The summed E-state index contributed by atoms with van der Waals surface area (Å²) in [6, 6.07) is 9.65. The molecule has 0 radical (unpaired) electrons. The molecule has 0 saturated heterocycles. The minimum Gasteiger partial charge on any atom is -0.480 e. The molecule has 0 aliphatic carbocycles. The van der Waals surface area contributed by atoms with Crippen LogP contribution in [0.1, 0.15) is 0 Å². The van der Waals surface area contributed by atoms with Gasteiger partial charge < -0.3 is 15.2 Å². The molecule has 0 atom stereocenters. The number of pyridine rings is 1. The third-order valence-electron chi connectivity index (χ3n) is 4.06. The SMILES string of the molecule is COc1ncc(-c2ccc3nc(-c4cccnc4)nc(N)c3c2)c(OC)n1. The van der Waals surface area contributed by atoms with Crippen LogP contribution in [-0.2, 0) is 0 Å². The van der Waals surface area contributed by atoms with Crippen LogP contribution in [0.2, 0.25) is 0 Å². The van der Waals surface area contributed by atoms with Gasteiger partial charge in [0, 0.05) is 29.5 Å². The van der Waals surface area contributed by atoms with E-state index in [4.69, 9.17) is 15.2 Å². The molecule has 0 aliphatic rings. The summed E-state index contributed by atoms with van der Waals surface area (Å²) >= 11 is 0. The van der Waals surface area contributed by atoms with Gasteiger partial charge in [0.1, 0.15) is 5.82 Å². The predicted octanol–water partition coefficient (Wildman–Crippen LogP) is 2.75. The van der Waals surface area contributed by atoms with E-state index in [0.717, 1.165) is 27.6 Å². The second kappa shape index (κ2) is 6.83. The summed E-state index contributed by atoms with van der Waals surface area (Å²) in [5.41, 5.74) is 9.30. The Labute approximate surface area is 155 Å². The van der Waals surface area contributed by atoms with Crippen molar-refractivity contribution in [1.82, 2.24) is 24.9 Å². The molecule has 27 heavy (non-hydrogen) atoms. The molecule has 8 heteroatoms. The Bertz CT molecular complexity index is 1120. The molecule has 0 spiro atoms. The van der Waals surface area contributed by atoms with Crippen LogP contribution in [0, 0.1) is 0 Å². The molecule has 4 aromatic rings. The largest absolute Gasteiger partial charge is 0.480 e. The fourth-order valence-corrected chi connectivity index (χ4v) is 2.75. The highest BCUT2D eigenvalue weighted by molar-refractivity contribution is 5.93. The number of methoxy groups -OCH3 is 2. The van der Waals surface area contributed by atoms with Crippen molar-refractivity contribution < 1.29 is 9.47 Å². The van der Waals surface area contributed by atoms with Crippen molar-refractivity contribution in [2.24, 2.45) is 0 Å². The summed E-state index contributed by atoms with van der Waals surface area (Å²) < 4.78 is 10.4. The van der Waals surface area contributed by atoms with Gasteiger partial charge in [-0.3, -0.25) is 4.98 Å². The molecule has 0 bridgehead atoms. The second-order valence-corrected chi connectivity index (χ2v) is 5.69. The lowest BCUT2D eigenvalue weighted by molar-refractivity contribution is 0.353. The standard InChI is InChI=1S/C19H16N6O2/c1-26-18-14(10-22-19(25-18)27-2)11-5-6-15-13(8-11)16(20)24-17(23-15)12-4-3-7-21-9-12/h3-10H,1-2H3,(H2,20,23,24). The van der Waals surface area contributed by atoms with Gasteiger partial charge in [0.25, 0.3) is 0 Å². The highest BCUT2D eigenvalue weighted by atomic mass is 16.5. The molecule has 3 aromatic heterocycles. The van der Waals surface area contributed by atoms with Gasteiger partial charge in [0.15, 0.2) is 5.82 Å². The van der Waals surface area contributed by atoms with Gasteiger partial charge in [-0.25, -0.2) is 15.0 Å². The summed E-state index contributed by atoms with van der Waals surface area (Å²) in [6.45, 7) is 0. The molecule has 2 N–H and O–H groups in total. The van der Waals surface area contributed by atoms with Gasteiger partial charge in [0.2, 0.25) is 5.88 Å². The molecule has 3 heterocycles. The van der Waals surface area contributed by atoms with Crippen molar-refractivity contribution in [3.8, 4) is 34.4 Å². The maximum absolute atomic E-state index is 6.20. The van der Waals surface area contributed by atoms with Gasteiger partial charge in [-0.05, 0) is 29.8 Å². The number of benzene rings is 1. The lowest BCUT2D eigenvalue weighted by Crippen LogP contribution is -2.00. The second-order valence-electron chi connectivity index (χ2n) is 5.69. The summed E-state index contributed by atoms with van der Waals surface area (Å²) in [4.78, 5) is 21.5. The molecule has 0 aliphatic heterocycles. The molecule has 0 unspecified atom stereocenters. The van der Waals surface area contributed by atoms with Crippen LogP contribution < -0.4 is 15.2 Å². The van der Waals surface area contributed by atoms with Gasteiger partial charge in [0.05, 0.1) is 25.3 Å². The summed E-state index contributed by atoms with van der Waals surface area (Å²) in [5, 5.41) is 0.734. The summed E-state index contributed by atoms with van der Waals surface area (Å²) in [7, 11) is 3.05. The average molecular weight is 360 g/mol. The lowest BCUT2D eigenvalue weighted by atomic mass is 10.1. The highest BCUT2D eigenvalue weighted by Crippen LogP contribution is 2.32. The van der Waals surface area contributed by atoms with Crippen molar-refractivity contribution in [3.05, 3.63) is 48.9 Å². The number of nitrogens with zero attached hydrogens (tertiary/aromatic N) is 5. The monoisotopic (exact) mass is 360 g/mol. The van der Waals surface area contributed by atoms with Gasteiger partial charge in [-0.2, -0.15) is 4.98 Å². The third kappa shape index (κ3) is 3.08. The van der Waals surface area contributed by atoms with Crippen molar-refractivity contribution in [3.63, 3.8) is 0 Å². The molecule has 0 amide bonds. The fourth-order valence-electron chi connectivity index (χ4n) is 2.75. The first-order valence-electron chi connectivity index (χ1n) is 8.12. The van der Waals surface area contributed by atoms with E-state index < -0.39 is 0 Å². The van der Waals surface area contributed by atoms with E-state index in [1.165, 1.54) is 7.11 Å². The molecular weight excluding hydrogens is 344 g/mol. The lowest BCUT2D eigenvalue weighted by Gasteiger charge is -2.10. The zero-order valence-corrected chi connectivity index (χ0v) is 14.7. The van der Waals surface area contributed by atoms with Crippen molar-refractivity contribution in [2.45, 2.75) is 0 Å². The van der Waals surface area contributed by atoms with Crippen LogP contribution in [0.15, 0.2) is 48.9 Å². The fraction of sp³-hybridized carbons (Fsp3) is 0.105. The van der Waals surface area contributed by atoms with Crippen molar-refractivity contribution in [1.29, 1.82) is 0 Å². The first-order valence-corrected chi connectivity index (χ1v) is 8.12. The van der Waals surface area contributed by atoms with Gasteiger partial charge >= 0.3 is 6.01 Å². The van der Waals surface area contributed by atoms with E-state index in [0.29, 0.717) is 17.5 Å². The van der Waals surface area contributed by atoms with Crippen LogP contribution in [0.25, 0.3) is 33.4 Å². The molecule has 8 nitrogen and oxygen atoms in total. The zero-order valence-electron chi connectivity index (χ0n) is 14.7. The van der Waals surface area contributed by atoms with E-state index >= 15 is 0 Å². The Kier molecular flexibility index (Phi) is 4.21. The van der Waals surface area contributed by atoms with Crippen LogP contribution in [0.5, 0.6) is 11.9 Å². The smallest absolute Gasteiger partial charge is 0.319 e. The van der Waals surface area contributed by atoms with E-state index in [1.807, 2.05) is 30.3 Å². The van der Waals surface area contributed by atoms with Crippen LogP contribution in [0.3, 0.4) is 0 Å². The van der Waals surface area contributed by atoms with Crippen molar-refractivity contribution >= 4 is 16.7 Å². The number of rotatable bonds is 4. The maximum atomic E-state index is 6.20. The first-order chi connectivity index (χ1) is 13.2. The maximum Gasteiger partial charge on any atom is 0.319 e. The normalized spacial score (nSPS) is 10.7. The Balaban J connectivity index is 1.83. The number of aromatic nitrogens is 5. The summed E-state index contributed by atoms with van der Waals surface area (Å²) in [5.74, 6) is 1.33. The van der Waals surface area contributed by atoms with E-state index in [9.17, 15) is 0 Å². The molecule has 4 rings (SSSR count). The Morgan fingerprint density at radius 3 is 2.56 bits per heavy atom. The van der Waals surface area contributed by atoms with Crippen LogP contribution in [-0.4, -0.2) is 39.1 Å². The Morgan fingerprint density at radius 2 is 1.81 bits per heavy atom. The number of fused-ring (bicyclic) bond motifs is 1. The van der Waals surface area contributed by atoms with Crippen molar-refractivity contribution in [2.75, 3.05) is 20.0 Å². The van der Waals surface area contributed by atoms with E-state index in [-0.39, 0.29) is 6.01 Å². The molecule has 0 fully saturated rings. The zero-order chi connectivity index (χ0) is 18.8. The van der Waals surface area contributed by atoms with E-state index in [2.05, 4.69) is 24.9 Å². The number of ether oxygens (including phenoxy) is 2. The Morgan fingerprint density at radius 1 is 0.926 bits per heavy atom. The number of nitrogen functional groups attached to an aromatic ring is 1. The number of anilines is 1. The van der Waals surface area contributed by atoms with Gasteiger partial charge in [-0.15, -0.1) is 0 Å². The number of hydrogen-bond donors (Lipinski definition) is 1. The molecule has 0 saturated carbocycles. The minimum absolute atomic E-state index is 0.236. The third-order valence-corrected chi connectivity index (χ3v) is 4.06. The van der Waals surface area contributed by atoms with Crippen LogP contribution >= 0.6 is 0 Å². The summed E-state index contributed by atoms with van der Waals surface area (Å²) in [6.07, 6.45) is 5.05. The van der Waals surface area contributed by atoms with Crippen LogP contribution in [0.4, 0.5) is 5.82 Å². The molecular formula is C19H16N6O2. The number of hydrogen-bond acceptors (Lipinski definition) is 8. The predicted molar refractivity (Wildman–Crippen MR) is 101 cm³/mol. The highest BCUT2D eigenvalue weighted by Gasteiger charge is 2.13. The number of nitrogens with two attached hydrogens (primary N) is 1. The molecule has 1 aromatic carbocycles.